The van der Waals surface area contributed by atoms with Gasteiger partial charge in [0, 0.05) is 0 Å². The minimum absolute atomic E-state index is 0.112. The van der Waals surface area contributed by atoms with E-state index in [2.05, 4.69) is 26.0 Å². The van der Waals surface area contributed by atoms with Gasteiger partial charge in [0.1, 0.15) is 0 Å². The molecule has 0 saturated carbocycles. The summed E-state index contributed by atoms with van der Waals surface area (Å²) >= 11 is 0. The summed E-state index contributed by atoms with van der Waals surface area (Å²) < 4.78 is 0. The van der Waals surface area contributed by atoms with Gasteiger partial charge in [-0.05, 0) is 25.7 Å². The molecule has 1 nitrogen and oxygen atoms in total. The maximum Gasteiger partial charge on any atom is 0.0574 e. The van der Waals surface area contributed by atoms with E-state index in [1.54, 1.807) is 0 Å². The Morgan fingerprint density at radius 3 is 2.06 bits per heavy atom. The molecule has 0 fully saturated rings. The first-order valence-electron chi connectivity index (χ1n) is 8.14. The van der Waals surface area contributed by atoms with Crippen LogP contribution >= 0.6 is 0 Å². The summed E-state index contributed by atoms with van der Waals surface area (Å²) in [6, 6.07) is 0. The van der Waals surface area contributed by atoms with Crippen molar-refractivity contribution in [2.24, 2.45) is 0 Å². The summed E-state index contributed by atoms with van der Waals surface area (Å²) in [5.41, 5.74) is 0. The Kier molecular flexibility index (Phi) is 14.5. The zero-order valence-corrected chi connectivity index (χ0v) is 12.7. The lowest BCUT2D eigenvalue weighted by Crippen LogP contribution is -2.04. The van der Waals surface area contributed by atoms with Crippen molar-refractivity contribution in [2.75, 3.05) is 0 Å². The monoisotopic (exact) mass is 254 g/mol. The summed E-state index contributed by atoms with van der Waals surface area (Å²) in [5.74, 6) is 0. The summed E-state index contributed by atoms with van der Waals surface area (Å²) in [4.78, 5) is 0. The van der Waals surface area contributed by atoms with Crippen molar-refractivity contribution in [2.45, 2.75) is 97.0 Å². The Hall–Kier alpha value is -0.300. The molecule has 0 amide bonds. The van der Waals surface area contributed by atoms with Crippen molar-refractivity contribution in [3.8, 4) is 0 Å². The first-order valence-corrected chi connectivity index (χ1v) is 8.14. The fraction of sp³-hybridized carbons (Fsp3) is 0.882. The van der Waals surface area contributed by atoms with Crippen molar-refractivity contribution < 1.29 is 5.11 Å². The predicted molar refractivity (Wildman–Crippen MR) is 81.9 cm³/mol. The predicted octanol–water partition coefficient (Wildman–Crippen LogP) is 5.62. The second-order valence-corrected chi connectivity index (χ2v) is 5.41. The normalized spacial score (nSPS) is 13.3. The third-order valence-electron chi connectivity index (χ3n) is 3.44. The minimum atomic E-state index is -0.112. The van der Waals surface area contributed by atoms with Crippen LogP contribution in [0.4, 0.5) is 0 Å². The van der Waals surface area contributed by atoms with Gasteiger partial charge in [-0.2, -0.15) is 0 Å². The summed E-state index contributed by atoms with van der Waals surface area (Å²) in [6.45, 7) is 4.48. The fourth-order valence-corrected chi connectivity index (χ4v) is 2.16. The number of unbranched alkanes of at least 4 members (excludes halogenated alkanes) is 8. The van der Waals surface area contributed by atoms with Gasteiger partial charge in [-0.25, -0.2) is 0 Å². The van der Waals surface area contributed by atoms with Gasteiger partial charge >= 0.3 is 0 Å². The molecule has 0 rings (SSSR count). The van der Waals surface area contributed by atoms with Gasteiger partial charge in [0.2, 0.25) is 0 Å². The second kappa shape index (κ2) is 14.8. The van der Waals surface area contributed by atoms with Crippen LogP contribution in [0.3, 0.4) is 0 Å². The van der Waals surface area contributed by atoms with E-state index < -0.39 is 0 Å². The van der Waals surface area contributed by atoms with E-state index in [0.29, 0.717) is 0 Å². The Balaban J connectivity index is 3.24. The molecule has 0 heterocycles. The Bertz CT molecular complexity index is 174. The second-order valence-electron chi connectivity index (χ2n) is 5.41. The number of hydrogen-bond acceptors (Lipinski definition) is 1. The van der Waals surface area contributed by atoms with E-state index in [1.165, 1.54) is 64.2 Å². The van der Waals surface area contributed by atoms with Crippen LogP contribution in [0.1, 0.15) is 90.9 Å². The van der Waals surface area contributed by atoms with Crippen molar-refractivity contribution in [1.29, 1.82) is 0 Å². The molecule has 0 spiro atoms. The largest absolute Gasteiger partial charge is 0.393 e. The van der Waals surface area contributed by atoms with Crippen LogP contribution < -0.4 is 0 Å². The maximum absolute atomic E-state index is 9.80. The van der Waals surface area contributed by atoms with Crippen LogP contribution in [0.5, 0.6) is 0 Å². The molecular formula is C17H34O. The average Bonchev–Trinajstić information content (AvgIpc) is 2.37. The molecule has 0 aliphatic heterocycles. The number of hydrogen-bond donors (Lipinski definition) is 1. The lowest BCUT2D eigenvalue weighted by Gasteiger charge is -2.07. The summed E-state index contributed by atoms with van der Waals surface area (Å²) in [6.07, 6.45) is 19.1. The molecule has 1 heteroatoms. The van der Waals surface area contributed by atoms with Crippen molar-refractivity contribution in [1.82, 2.24) is 0 Å². The minimum Gasteiger partial charge on any atom is -0.393 e. The highest BCUT2D eigenvalue weighted by Gasteiger charge is 2.00. The van der Waals surface area contributed by atoms with Gasteiger partial charge in [-0.15, -0.1) is 0 Å². The first kappa shape index (κ1) is 17.7. The zero-order valence-electron chi connectivity index (χ0n) is 12.7. The lowest BCUT2D eigenvalue weighted by atomic mass is 10.1. The van der Waals surface area contributed by atoms with Crippen molar-refractivity contribution in [3.63, 3.8) is 0 Å². The molecule has 1 unspecified atom stereocenters. The van der Waals surface area contributed by atoms with E-state index in [1.807, 2.05) is 0 Å². The molecule has 0 aliphatic rings. The lowest BCUT2D eigenvalue weighted by molar-refractivity contribution is 0.163. The molecule has 0 aromatic heterocycles. The molecule has 1 atom stereocenters. The number of aliphatic hydroxyl groups is 1. The van der Waals surface area contributed by atoms with Crippen LogP contribution in [0, 0.1) is 0 Å². The first-order chi connectivity index (χ1) is 8.81. The Morgan fingerprint density at radius 2 is 1.39 bits per heavy atom. The summed E-state index contributed by atoms with van der Waals surface area (Å²) in [5, 5.41) is 9.80. The molecule has 0 radical (unpaired) electrons. The van der Waals surface area contributed by atoms with E-state index in [9.17, 15) is 5.11 Å². The molecule has 0 aliphatic carbocycles. The van der Waals surface area contributed by atoms with E-state index in [4.69, 9.17) is 0 Å². The molecule has 18 heavy (non-hydrogen) atoms. The van der Waals surface area contributed by atoms with Gasteiger partial charge in [0.05, 0.1) is 6.10 Å². The number of aliphatic hydroxyl groups excluding tert-OH is 1. The highest BCUT2D eigenvalue weighted by Crippen LogP contribution is 2.10. The Labute approximate surface area is 115 Å². The van der Waals surface area contributed by atoms with Crippen LogP contribution in [-0.4, -0.2) is 11.2 Å². The third-order valence-corrected chi connectivity index (χ3v) is 3.44. The van der Waals surface area contributed by atoms with Gasteiger partial charge < -0.3 is 5.11 Å². The topological polar surface area (TPSA) is 20.2 Å². The standard InChI is InChI=1S/C17H34O/c1-3-5-7-9-10-12-14-16-17(18)15-13-11-8-6-4-2/h12,14,17-18H,3-11,13,15-16H2,1-2H3/b14-12+. The highest BCUT2D eigenvalue weighted by atomic mass is 16.3. The average molecular weight is 254 g/mol. The van der Waals surface area contributed by atoms with Crippen molar-refractivity contribution >= 4 is 0 Å². The fourth-order valence-electron chi connectivity index (χ4n) is 2.16. The van der Waals surface area contributed by atoms with Gasteiger partial charge in [0.25, 0.3) is 0 Å². The Morgan fingerprint density at radius 1 is 0.778 bits per heavy atom. The van der Waals surface area contributed by atoms with Crippen LogP contribution in [0.15, 0.2) is 12.2 Å². The van der Waals surface area contributed by atoms with Gasteiger partial charge in [-0.1, -0.05) is 77.4 Å². The molecule has 0 aromatic rings. The van der Waals surface area contributed by atoms with Gasteiger partial charge in [0.15, 0.2) is 0 Å². The van der Waals surface area contributed by atoms with E-state index >= 15 is 0 Å². The number of allylic oxidation sites excluding steroid dienone is 1. The highest BCUT2D eigenvalue weighted by molar-refractivity contribution is 4.83. The molecule has 0 saturated heterocycles. The SMILES string of the molecule is CCCCCC/C=C/CC(O)CCCCCCC. The quantitative estimate of drug-likeness (QED) is 0.334. The smallest absolute Gasteiger partial charge is 0.0574 e. The van der Waals surface area contributed by atoms with Crippen molar-refractivity contribution in [3.05, 3.63) is 12.2 Å². The van der Waals surface area contributed by atoms with Crippen LogP contribution in [0.25, 0.3) is 0 Å². The van der Waals surface area contributed by atoms with E-state index in [-0.39, 0.29) is 6.10 Å². The van der Waals surface area contributed by atoms with Crippen LogP contribution in [0.2, 0.25) is 0 Å². The number of rotatable bonds is 13. The molecule has 0 aromatic carbocycles. The third kappa shape index (κ3) is 13.8. The van der Waals surface area contributed by atoms with Crippen LogP contribution in [-0.2, 0) is 0 Å². The van der Waals surface area contributed by atoms with Gasteiger partial charge in [-0.3, -0.25) is 0 Å². The molecular weight excluding hydrogens is 220 g/mol. The molecule has 108 valence electrons. The van der Waals surface area contributed by atoms with E-state index in [0.717, 1.165) is 12.8 Å². The zero-order chi connectivity index (χ0) is 13.5. The molecule has 1 N–H and O–H groups in total. The molecule has 0 bridgehead atoms. The maximum atomic E-state index is 9.80. The summed E-state index contributed by atoms with van der Waals surface area (Å²) in [7, 11) is 0.